The molecule has 1 aliphatic carbocycles. The van der Waals surface area contributed by atoms with E-state index in [2.05, 4.69) is 4.90 Å². The first-order chi connectivity index (χ1) is 17.8. The van der Waals surface area contributed by atoms with Crippen molar-refractivity contribution in [3.05, 3.63) is 58.7 Å². The predicted molar refractivity (Wildman–Crippen MR) is 134 cm³/mol. The van der Waals surface area contributed by atoms with Gasteiger partial charge in [0.15, 0.2) is 0 Å². The molecule has 0 spiro atoms. The van der Waals surface area contributed by atoms with Crippen molar-refractivity contribution < 1.29 is 28.2 Å². The molecule has 2 saturated heterocycles. The molecule has 0 bridgehead atoms. The number of hydrogen-bond acceptors (Lipinski definition) is 5. The van der Waals surface area contributed by atoms with Crippen LogP contribution in [0.2, 0.25) is 0 Å². The van der Waals surface area contributed by atoms with Gasteiger partial charge >= 0.3 is 5.97 Å². The maximum absolute atomic E-state index is 15.1. The summed E-state index contributed by atoms with van der Waals surface area (Å²) in [5, 5.41) is 9.42. The van der Waals surface area contributed by atoms with Crippen molar-refractivity contribution in [3.63, 3.8) is 0 Å². The average Bonchev–Trinajstić information content (AvgIpc) is 3.60. The second-order valence-electron chi connectivity index (χ2n) is 10.5. The number of rotatable bonds is 8. The van der Waals surface area contributed by atoms with Crippen LogP contribution in [0.5, 0.6) is 5.75 Å². The molecule has 37 heavy (non-hydrogen) atoms. The van der Waals surface area contributed by atoms with Gasteiger partial charge < -0.3 is 20.5 Å². The number of piperidine rings is 1. The topological polar surface area (TPSA) is 96.1 Å². The van der Waals surface area contributed by atoms with Crippen molar-refractivity contribution in [1.29, 1.82) is 0 Å². The van der Waals surface area contributed by atoms with Crippen LogP contribution in [-0.2, 0) is 11.3 Å². The Morgan fingerprint density at radius 2 is 1.78 bits per heavy atom. The van der Waals surface area contributed by atoms with Gasteiger partial charge in [-0.2, -0.15) is 0 Å². The zero-order chi connectivity index (χ0) is 26.1. The Kier molecular flexibility index (Phi) is 7.33. The lowest BCUT2D eigenvalue weighted by molar-refractivity contribution is -0.141. The number of benzene rings is 2. The van der Waals surface area contributed by atoms with Gasteiger partial charge in [-0.15, -0.1) is 0 Å². The van der Waals surface area contributed by atoms with E-state index in [1.165, 1.54) is 23.1 Å². The van der Waals surface area contributed by atoms with E-state index < -0.39 is 23.7 Å². The monoisotopic (exact) mass is 513 g/mol. The lowest BCUT2D eigenvalue weighted by Gasteiger charge is -2.32. The van der Waals surface area contributed by atoms with Crippen LogP contribution < -0.4 is 10.5 Å². The van der Waals surface area contributed by atoms with Crippen molar-refractivity contribution in [3.8, 4) is 5.75 Å². The number of aliphatic carboxylic acids is 1. The fraction of sp³-hybridized carbons (Fsp3) is 0.500. The molecular formula is C28H33F2N3O4. The number of amides is 1. The molecule has 9 heteroatoms. The number of anilines is 1. The van der Waals surface area contributed by atoms with E-state index >= 15 is 4.39 Å². The molecule has 0 aromatic heterocycles. The third-order valence-electron chi connectivity index (χ3n) is 7.83. The van der Waals surface area contributed by atoms with Gasteiger partial charge in [-0.25, -0.2) is 13.6 Å². The molecule has 3 aliphatic rings. The van der Waals surface area contributed by atoms with Gasteiger partial charge in [0.25, 0.3) is 5.91 Å². The zero-order valence-electron chi connectivity index (χ0n) is 20.8. The van der Waals surface area contributed by atoms with E-state index in [4.69, 9.17) is 10.5 Å². The van der Waals surface area contributed by atoms with Gasteiger partial charge in [-0.3, -0.25) is 9.69 Å². The highest BCUT2D eigenvalue weighted by atomic mass is 19.1. The first-order valence-corrected chi connectivity index (χ1v) is 13.1. The van der Waals surface area contributed by atoms with E-state index in [-0.39, 0.29) is 17.3 Å². The summed E-state index contributed by atoms with van der Waals surface area (Å²) in [6, 6.07) is 6.41. The number of carbonyl (C=O) groups excluding carboxylic acids is 1. The number of carbonyl (C=O) groups is 2. The van der Waals surface area contributed by atoms with Crippen molar-refractivity contribution in [2.45, 2.75) is 57.0 Å². The van der Waals surface area contributed by atoms with Crippen LogP contribution in [0.25, 0.3) is 0 Å². The van der Waals surface area contributed by atoms with E-state index in [1.54, 1.807) is 12.1 Å². The van der Waals surface area contributed by atoms with Crippen molar-refractivity contribution in [2.24, 2.45) is 5.92 Å². The maximum atomic E-state index is 15.1. The summed E-state index contributed by atoms with van der Waals surface area (Å²) in [4.78, 5) is 28.1. The largest absolute Gasteiger partial charge is 0.493 e. The van der Waals surface area contributed by atoms with Gasteiger partial charge in [0.1, 0.15) is 23.4 Å². The molecule has 2 heterocycles. The second-order valence-corrected chi connectivity index (χ2v) is 10.5. The molecule has 198 valence electrons. The molecule has 1 amide bonds. The molecule has 7 nitrogen and oxygen atoms in total. The maximum Gasteiger partial charge on any atom is 0.326 e. The second kappa shape index (κ2) is 10.7. The Morgan fingerprint density at radius 3 is 2.49 bits per heavy atom. The highest BCUT2D eigenvalue weighted by molar-refractivity contribution is 5.97. The Bertz CT molecular complexity index is 1180. The molecule has 2 aromatic carbocycles. The number of hydrogen-bond donors (Lipinski definition) is 2. The van der Waals surface area contributed by atoms with Gasteiger partial charge in [0.2, 0.25) is 0 Å². The van der Waals surface area contributed by atoms with Crippen LogP contribution in [0.4, 0.5) is 14.5 Å². The quantitative estimate of drug-likeness (QED) is 0.508. The molecule has 2 aromatic rings. The molecule has 1 atom stereocenters. The molecular weight excluding hydrogens is 480 g/mol. The fourth-order valence-electron chi connectivity index (χ4n) is 5.47. The number of likely N-dealkylation sites (tertiary alicyclic amines) is 2. The standard InChI is InChI=1S/C28H33F2N3O4/c29-20-5-6-24(31)19(12-20)15-32-10-7-17(8-11-32)16-37-26-14-23(30)22(13-21(26)18-3-4-18)27(34)33-9-1-2-25(33)28(35)36/h5-6,12-14,17-18,25H,1-4,7-11,15-16,31H2,(H,35,36)/t25-/m0/s1. The molecule has 3 fully saturated rings. The summed E-state index contributed by atoms with van der Waals surface area (Å²) in [6.07, 6.45) is 4.69. The molecule has 2 aliphatic heterocycles. The van der Waals surface area contributed by atoms with Gasteiger partial charge in [0, 0.05) is 24.8 Å². The minimum absolute atomic E-state index is 0.0765. The van der Waals surface area contributed by atoms with E-state index in [1.807, 2.05) is 0 Å². The molecule has 3 N–H and O–H groups in total. The number of carboxylic acids is 1. The van der Waals surface area contributed by atoms with Crippen LogP contribution >= 0.6 is 0 Å². The van der Waals surface area contributed by atoms with Crippen LogP contribution in [0, 0.1) is 17.6 Å². The Labute approximate surface area is 215 Å². The van der Waals surface area contributed by atoms with Crippen molar-refractivity contribution in [1.82, 2.24) is 9.80 Å². The first-order valence-electron chi connectivity index (χ1n) is 13.1. The van der Waals surface area contributed by atoms with Crippen LogP contribution in [0.1, 0.15) is 65.9 Å². The summed E-state index contributed by atoms with van der Waals surface area (Å²) in [6.45, 7) is 3.04. The van der Waals surface area contributed by atoms with E-state index in [9.17, 15) is 19.1 Å². The van der Waals surface area contributed by atoms with Crippen LogP contribution in [0.15, 0.2) is 30.3 Å². The summed E-state index contributed by atoms with van der Waals surface area (Å²) in [5.41, 5.74) is 8.12. The first kappa shape index (κ1) is 25.4. The third kappa shape index (κ3) is 5.71. The molecule has 0 radical (unpaired) electrons. The van der Waals surface area contributed by atoms with Crippen LogP contribution in [-0.4, -0.2) is 59.1 Å². The van der Waals surface area contributed by atoms with Gasteiger partial charge in [0.05, 0.1) is 12.2 Å². The summed E-state index contributed by atoms with van der Waals surface area (Å²) in [5.74, 6) is -1.58. The lowest BCUT2D eigenvalue weighted by Crippen LogP contribution is -2.40. The van der Waals surface area contributed by atoms with E-state index in [0.717, 1.165) is 49.9 Å². The Morgan fingerprint density at radius 1 is 1.03 bits per heavy atom. The van der Waals surface area contributed by atoms with Gasteiger partial charge in [-0.05, 0) is 98.8 Å². The average molecular weight is 514 g/mol. The van der Waals surface area contributed by atoms with Gasteiger partial charge in [-0.1, -0.05) is 0 Å². The zero-order valence-corrected chi connectivity index (χ0v) is 20.8. The molecule has 0 unspecified atom stereocenters. The number of ether oxygens (including phenoxy) is 1. The minimum Gasteiger partial charge on any atom is -0.493 e. The highest BCUT2D eigenvalue weighted by Gasteiger charge is 2.37. The highest BCUT2D eigenvalue weighted by Crippen LogP contribution is 2.45. The van der Waals surface area contributed by atoms with Crippen molar-refractivity contribution in [2.75, 3.05) is 32.0 Å². The summed E-state index contributed by atoms with van der Waals surface area (Å²) >= 11 is 0. The van der Waals surface area contributed by atoms with Crippen LogP contribution in [0.3, 0.4) is 0 Å². The number of nitrogens with zero attached hydrogens (tertiary/aromatic N) is 2. The summed E-state index contributed by atoms with van der Waals surface area (Å²) < 4.78 is 34.8. The van der Waals surface area contributed by atoms with E-state index in [0.29, 0.717) is 49.9 Å². The number of carboxylic acid groups (broad SMARTS) is 1. The summed E-state index contributed by atoms with van der Waals surface area (Å²) in [7, 11) is 0. The van der Waals surface area contributed by atoms with Crippen molar-refractivity contribution >= 4 is 17.6 Å². The fourth-order valence-corrected chi connectivity index (χ4v) is 5.47. The SMILES string of the molecule is Nc1ccc(F)cc1CN1CCC(COc2cc(F)c(C(=O)N3CCC[C@H]3C(=O)O)cc2C2CC2)CC1. The molecule has 5 rings (SSSR count). The minimum atomic E-state index is -1.06. The Hall–Kier alpha value is -3.20. The predicted octanol–water partition coefficient (Wildman–Crippen LogP) is 4.40. The number of nitrogens with two attached hydrogens (primary N) is 1. The normalized spacial score (nSPS) is 20.8. The Balaban J connectivity index is 1.21. The lowest BCUT2D eigenvalue weighted by atomic mass is 9.97. The third-order valence-corrected chi connectivity index (χ3v) is 7.83. The number of halogens is 2. The number of nitrogen functional groups attached to an aromatic ring is 1. The smallest absolute Gasteiger partial charge is 0.326 e. The molecule has 1 saturated carbocycles.